The van der Waals surface area contributed by atoms with Crippen LogP contribution in [0, 0.1) is 0 Å². The normalized spacial score (nSPS) is 11.5. The van der Waals surface area contributed by atoms with Gasteiger partial charge in [0.1, 0.15) is 5.82 Å². The molecule has 0 amide bonds. The Bertz CT molecular complexity index is 459. The minimum absolute atomic E-state index is 0.390. The Labute approximate surface area is 89.1 Å². The second kappa shape index (κ2) is 3.98. The third-order valence-corrected chi connectivity index (χ3v) is 2.45. The molecular weight excluding hydrogens is 188 g/mol. The molecule has 2 aromatic rings. The van der Waals surface area contributed by atoms with Crippen LogP contribution in [0.5, 0.6) is 0 Å². The summed E-state index contributed by atoms with van der Waals surface area (Å²) in [5.41, 5.74) is 7.68. The van der Waals surface area contributed by atoms with Crippen molar-refractivity contribution in [2.24, 2.45) is 5.73 Å². The summed E-state index contributed by atoms with van der Waals surface area (Å²) in [6.45, 7) is 4.92. The molecule has 0 fully saturated rings. The van der Waals surface area contributed by atoms with Crippen molar-refractivity contribution in [2.75, 3.05) is 6.54 Å². The van der Waals surface area contributed by atoms with E-state index in [-0.39, 0.29) is 0 Å². The highest BCUT2D eigenvalue weighted by atomic mass is 15.1. The molecule has 0 aliphatic carbocycles. The van der Waals surface area contributed by atoms with Gasteiger partial charge in [0.2, 0.25) is 0 Å². The van der Waals surface area contributed by atoms with Gasteiger partial charge < -0.3 is 10.3 Å². The summed E-state index contributed by atoms with van der Waals surface area (Å²) in [6, 6.07) is 2.33. The zero-order valence-corrected chi connectivity index (χ0v) is 9.14. The molecule has 15 heavy (non-hydrogen) atoms. The van der Waals surface area contributed by atoms with Crippen LogP contribution in [-0.4, -0.2) is 21.1 Å². The molecule has 0 aliphatic heterocycles. The average Bonchev–Trinajstić information content (AvgIpc) is 2.56. The van der Waals surface area contributed by atoms with Crippen molar-refractivity contribution in [2.45, 2.75) is 26.3 Å². The van der Waals surface area contributed by atoms with Gasteiger partial charge in [-0.3, -0.25) is 4.98 Å². The van der Waals surface area contributed by atoms with Gasteiger partial charge in [-0.25, -0.2) is 4.98 Å². The lowest BCUT2D eigenvalue weighted by Gasteiger charge is -2.11. The maximum Gasteiger partial charge on any atom is 0.111 e. The second-order valence-corrected chi connectivity index (χ2v) is 3.89. The van der Waals surface area contributed by atoms with Gasteiger partial charge in [-0.1, -0.05) is 0 Å². The van der Waals surface area contributed by atoms with Crippen molar-refractivity contribution >= 4 is 11.0 Å². The van der Waals surface area contributed by atoms with Crippen LogP contribution < -0.4 is 5.73 Å². The van der Waals surface area contributed by atoms with Gasteiger partial charge >= 0.3 is 0 Å². The molecule has 0 radical (unpaired) electrons. The summed E-state index contributed by atoms with van der Waals surface area (Å²) in [7, 11) is 0. The topological polar surface area (TPSA) is 56.7 Å². The highest BCUT2D eigenvalue weighted by Gasteiger charge is 2.11. The van der Waals surface area contributed by atoms with Crippen molar-refractivity contribution in [1.29, 1.82) is 0 Å². The Morgan fingerprint density at radius 3 is 2.93 bits per heavy atom. The average molecular weight is 204 g/mol. The van der Waals surface area contributed by atoms with E-state index >= 15 is 0 Å². The molecular formula is C11H16N4. The summed E-state index contributed by atoms with van der Waals surface area (Å²) in [4.78, 5) is 8.70. The molecule has 0 bridgehead atoms. The van der Waals surface area contributed by atoms with Gasteiger partial charge in [-0.05, 0) is 26.5 Å². The third kappa shape index (κ3) is 1.72. The van der Waals surface area contributed by atoms with E-state index in [9.17, 15) is 0 Å². The van der Waals surface area contributed by atoms with Gasteiger partial charge in [0.25, 0.3) is 0 Å². The largest absolute Gasteiger partial charge is 0.330 e. The minimum atomic E-state index is 0.390. The molecule has 0 aliphatic rings. The third-order valence-electron chi connectivity index (χ3n) is 2.45. The van der Waals surface area contributed by atoms with Crippen LogP contribution in [0.25, 0.3) is 11.0 Å². The van der Waals surface area contributed by atoms with Crippen molar-refractivity contribution in [1.82, 2.24) is 14.5 Å². The summed E-state index contributed by atoms with van der Waals surface area (Å²) in [6.07, 6.45) is 4.45. The van der Waals surface area contributed by atoms with Crippen LogP contribution in [0.15, 0.2) is 18.5 Å². The van der Waals surface area contributed by atoms with Gasteiger partial charge in [0, 0.05) is 18.7 Å². The number of pyridine rings is 1. The standard InChI is InChI=1S/C11H16N4/c1-8(2)15-10-7-13-6-4-9(10)14-11(15)3-5-12/h4,6-8H,3,5,12H2,1-2H3. The fraction of sp³-hybridized carbons (Fsp3) is 0.455. The summed E-state index contributed by atoms with van der Waals surface area (Å²) in [5.74, 6) is 1.05. The van der Waals surface area contributed by atoms with Gasteiger partial charge in [0.05, 0.1) is 17.2 Å². The van der Waals surface area contributed by atoms with Crippen LogP contribution in [0.1, 0.15) is 25.7 Å². The second-order valence-electron chi connectivity index (χ2n) is 3.89. The number of aromatic nitrogens is 3. The number of hydrogen-bond acceptors (Lipinski definition) is 3. The lowest BCUT2D eigenvalue weighted by molar-refractivity contribution is 0.583. The van der Waals surface area contributed by atoms with E-state index in [1.54, 1.807) is 6.20 Å². The first-order valence-electron chi connectivity index (χ1n) is 5.25. The predicted molar refractivity (Wildman–Crippen MR) is 60.7 cm³/mol. The fourth-order valence-electron chi connectivity index (χ4n) is 1.87. The molecule has 0 unspecified atom stereocenters. The van der Waals surface area contributed by atoms with Crippen molar-refractivity contribution in [3.05, 3.63) is 24.3 Å². The quantitative estimate of drug-likeness (QED) is 0.824. The van der Waals surface area contributed by atoms with Gasteiger partial charge in [-0.15, -0.1) is 0 Å². The lowest BCUT2D eigenvalue weighted by atomic mass is 10.3. The monoisotopic (exact) mass is 204 g/mol. The minimum Gasteiger partial charge on any atom is -0.330 e. The number of hydrogen-bond donors (Lipinski definition) is 1. The number of imidazole rings is 1. The molecule has 80 valence electrons. The molecule has 4 heteroatoms. The van der Waals surface area contributed by atoms with Crippen molar-refractivity contribution in [3.63, 3.8) is 0 Å². The van der Waals surface area contributed by atoms with Crippen LogP contribution >= 0.6 is 0 Å². The number of nitrogens with two attached hydrogens (primary N) is 1. The maximum atomic E-state index is 5.58. The first kappa shape index (κ1) is 10.1. The number of fused-ring (bicyclic) bond motifs is 1. The molecule has 2 heterocycles. The Morgan fingerprint density at radius 1 is 1.47 bits per heavy atom. The highest BCUT2D eigenvalue weighted by molar-refractivity contribution is 5.74. The van der Waals surface area contributed by atoms with E-state index in [1.165, 1.54) is 0 Å². The maximum absolute atomic E-state index is 5.58. The van der Waals surface area contributed by atoms with E-state index in [0.29, 0.717) is 12.6 Å². The molecule has 0 saturated heterocycles. The zero-order valence-electron chi connectivity index (χ0n) is 9.14. The van der Waals surface area contributed by atoms with Crippen LogP contribution in [0.4, 0.5) is 0 Å². The molecule has 4 nitrogen and oxygen atoms in total. The van der Waals surface area contributed by atoms with Crippen molar-refractivity contribution in [3.8, 4) is 0 Å². The Kier molecular flexibility index (Phi) is 2.68. The first-order valence-corrected chi connectivity index (χ1v) is 5.25. The van der Waals surface area contributed by atoms with Gasteiger partial charge in [-0.2, -0.15) is 0 Å². The molecule has 0 saturated carbocycles. The van der Waals surface area contributed by atoms with Crippen LogP contribution in [-0.2, 0) is 6.42 Å². The lowest BCUT2D eigenvalue weighted by Crippen LogP contribution is -2.11. The van der Waals surface area contributed by atoms with E-state index in [2.05, 4.69) is 28.4 Å². The van der Waals surface area contributed by atoms with E-state index < -0.39 is 0 Å². The molecule has 2 N–H and O–H groups in total. The molecule has 0 spiro atoms. The zero-order chi connectivity index (χ0) is 10.8. The van der Waals surface area contributed by atoms with E-state index in [1.807, 2.05) is 12.3 Å². The first-order chi connectivity index (χ1) is 7.24. The van der Waals surface area contributed by atoms with Crippen LogP contribution in [0.2, 0.25) is 0 Å². The van der Waals surface area contributed by atoms with E-state index in [0.717, 1.165) is 23.3 Å². The summed E-state index contributed by atoms with van der Waals surface area (Å²) in [5, 5.41) is 0. The SMILES string of the molecule is CC(C)n1c(CCN)nc2ccncc21. The fourth-order valence-corrected chi connectivity index (χ4v) is 1.87. The Hall–Kier alpha value is -1.42. The molecule has 0 atom stereocenters. The Morgan fingerprint density at radius 2 is 2.27 bits per heavy atom. The number of nitrogens with zero attached hydrogens (tertiary/aromatic N) is 3. The smallest absolute Gasteiger partial charge is 0.111 e. The van der Waals surface area contributed by atoms with Crippen LogP contribution in [0.3, 0.4) is 0 Å². The molecule has 0 aromatic carbocycles. The highest BCUT2D eigenvalue weighted by Crippen LogP contribution is 2.19. The van der Waals surface area contributed by atoms with E-state index in [4.69, 9.17) is 5.73 Å². The van der Waals surface area contributed by atoms with Gasteiger partial charge in [0.15, 0.2) is 0 Å². The molecule has 2 rings (SSSR count). The number of rotatable bonds is 3. The Balaban J connectivity index is 2.63. The molecule has 2 aromatic heterocycles. The summed E-state index contributed by atoms with van der Waals surface area (Å²) < 4.78 is 2.20. The van der Waals surface area contributed by atoms with Crippen molar-refractivity contribution < 1.29 is 0 Å². The predicted octanol–water partition coefficient (Wildman–Crippen LogP) is 1.51. The summed E-state index contributed by atoms with van der Waals surface area (Å²) >= 11 is 0.